The van der Waals surface area contributed by atoms with Gasteiger partial charge in [-0.05, 0) is 30.2 Å². The Morgan fingerprint density at radius 2 is 1.65 bits per heavy atom. The molecule has 0 radical (unpaired) electrons. The minimum absolute atomic E-state index is 0.00237. The first-order valence-corrected chi connectivity index (χ1v) is 10.1. The highest BCUT2D eigenvalue weighted by Gasteiger charge is 2.19. The van der Waals surface area contributed by atoms with Crippen LogP contribution in [0.1, 0.15) is 11.1 Å². The number of hydrogen-bond donors (Lipinski definition) is 0. The Labute approximate surface area is 179 Å². The van der Waals surface area contributed by atoms with E-state index in [0.29, 0.717) is 28.7 Å². The summed E-state index contributed by atoms with van der Waals surface area (Å²) in [4.78, 5) is 25.3. The first-order valence-electron chi connectivity index (χ1n) is 10.1. The third kappa shape index (κ3) is 4.83. The molecule has 0 amide bonds. The predicted octanol–water partition coefficient (Wildman–Crippen LogP) is 4.93. The average molecular weight is 414 g/mol. The van der Waals surface area contributed by atoms with Crippen LogP contribution in [0.25, 0.3) is 22.3 Å². The summed E-state index contributed by atoms with van der Waals surface area (Å²) in [6, 6.07) is 24.3. The highest BCUT2D eigenvalue weighted by atomic mass is 16.6. The van der Waals surface area contributed by atoms with Crippen molar-refractivity contribution < 1.29 is 18.7 Å². The molecule has 0 saturated heterocycles. The molecule has 0 N–H and O–H groups in total. The van der Waals surface area contributed by atoms with Gasteiger partial charge in [-0.25, -0.2) is 4.79 Å². The molecule has 0 aliphatic heterocycles. The maximum Gasteiger partial charge on any atom is 0.344 e. The number of hydrogen-bond acceptors (Lipinski definition) is 5. The van der Waals surface area contributed by atoms with Gasteiger partial charge in [-0.3, -0.25) is 4.79 Å². The molecular formula is C26H22O5. The van der Waals surface area contributed by atoms with Gasteiger partial charge in [0, 0.05) is 12.0 Å². The molecule has 3 aromatic carbocycles. The minimum atomic E-state index is -0.543. The third-order valence-electron chi connectivity index (χ3n) is 4.87. The van der Waals surface area contributed by atoms with Crippen LogP contribution in [0.4, 0.5) is 0 Å². The molecule has 5 heteroatoms. The zero-order valence-electron chi connectivity index (χ0n) is 17.2. The molecule has 4 rings (SSSR count). The van der Waals surface area contributed by atoms with Crippen molar-refractivity contribution in [3.63, 3.8) is 0 Å². The number of carbonyl (C=O) groups excluding carboxylic acids is 1. The molecular weight excluding hydrogens is 392 g/mol. The summed E-state index contributed by atoms with van der Waals surface area (Å²) in [5.41, 5.74) is 2.90. The molecule has 0 saturated carbocycles. The lowest BCUT2D eigenvalue weighted by molar-refractivity contribution is -0.145. The lowest BCUT2D eigenvalue weighted by atomic mass is 10.1. The Hall–Kier alpha value is -3.86. The maximum atomic E-state index is 13.1. The molecule has 0 unspecified atom stereocenters. The van der Waals surface area contributed by atoms with Gasteiger partial charge in [-0.2, -0.15) is 0 Å². The summed E-state index contributed by atoms with van der Waals surface area (Å²) >= 11 is 0. The molecule has 0 aliphatic rings. The van der Waals surface area contributed by atoms with Crippen LogP contribution in [0.3, 0.4) is 0 Å². The quantitative estimate of drug-likeness (QED) is 0.401. The van der Waals surface area contributed by atoms with E-state index in [1.165, 1.54) is 0 Å². The number of carbonyl (C=O) groups is 1. The van der Waals surface area contributed by atoms with Crippen molar-refractivity contribution in [1.29, 1.82) is 0 Å². The minimum Gasteiger partial charge on any atom is -0.474 e. The third-order valence-corrected chi connectivity index (χ3v) is 4.87. The average Bonchev–Trinajstić information content (AvgIpc) is 2.79. The molecule has 156 valence electrons. The van der Waals surface area contributed by atoms with Crippen molar-refractivity contribution in [2.75, 3.05) is 13.2 Å². The summed E-state index contributed by atoms with van der Waals surface area (Å²) in [6.07, 6.45) is 0.610. The van der Waals surface area contributed by atoms with Crippen LogP contribution in [0, 0.1) is 6.92 Å². The molecule has 1 aromatic heterocycles. The number of benzene rings is 3. The summed E-state index contributed by atoms with van der Waals surface area (Å²) in [5, 5.41) is 0.401. The zero-order chi connectivity index (χ0) is 21.6. The van der Waals surface area contributed by atoms with Crippen LogP contribution in [0.15, 0.2) is 88.1 Å². The van der Waals surface area contributed by atoms with Crippen molar-refractivity contribution in [1.82, 2.24) is 0 Å². The Kier molecular flexibility index (Phi) is 6.13. The monoisotopic (exact) mass is 414 g/mol. The molecule has 5 nitrogen and oxygen atoms in total. The van der Waals surface area contributed by atoms with Crippen LogP contribution in [-0.2, 0) is 16.0 Å². The standard InChI is InChI=1S/C26H22O5/c1-18-12-13-21-22(16-18)31-25(20-10-6-3-7-11-20)26(24(21)28)30-17-23(27)29-15-14-19-8-4-2-5-9-19/h2-13,16H,14-15,17H2,1H3. The van der Waals surface area contributed by atoms with Crippen LogP contribution < -0.4 is 10.2 Å². The Morgan fingerprint density at radius 3 is 2.39 bits per heavy atom. The molecule has 31 heavy (non-hydrogen) atoms. The van der Waals surface area contributed by atoms with E-state index in [1.807, 2.05) is 79.7 Å². The number of esters is 1. The summed E-state index contributed by atoms with van der Waals surface area (Å²) in [6.45, 7) is 1.79. The summed E-state index contributed by atoms with van der Waals surface area (Å²) in [7, 11) is 0. The van der Waals surface area contributed by atoms with Gasteiger partial charge in [0.1, 0.15) is 5.58 Å². The predicted molar refractivity (Wildman–Crippen MR) is 119 cm³/mol. The molecule has 0 bridgehead atoms. The summed E-state index contributed by atoms with van der Waals surface area (Å²) in [5.74, 6) is -0.248. The van der Waals surface area contributed by atoms with E-state index in [-0.39, 0.29) is 24.4 Å². The van der Waals surface area contributed by atoms with Crippen molar-refractivity contribution in [2.24, 2.45) is 0 Å². The summed E-state index contributed by atoms with van der Waals surface area (Å²) < 4.78 is 16.9. The van der Waals surface area contributed by atoms with Gasteiger partial charge in [-0.1, -0.05) is 66.7 Å². The molecule has 4 aromatic rings. The fourth-order valence-corrected chi connectivity index (χ4v) is 3.29. The van der Waals surface area contributed by atoms with Gasteiger partial charge >= 0.3 is 5.97 Å². The largest absolute Gasteiger partial charge is 0.474 e. The van der Waals surface area contributed by atoms with Gasteiger partial charge < -0.3 is 13.9 Å². The van der Waals surface area contributed by atoms with Crippen molar-refractivity contribution >= 4 is 16.9 Å². The number of aryl methyl sites for hydroxylation is 1. The van der Waals surface area contributed by atoms with Crippen molar-refractivity contribution in [3.05, 3.63) is 100 Å². The lowest BCUT2D eigenvalue weighted by Crippen LogP contribution is -2.19. The molecule has 0 fully saturated rings. The highest BCUT2D eigenvalue weighted by molar-refractivity contribution is 5.82. The Morgan fingerprint density at radius 1 is 0.935 bits per heavy atom. The Balaban J connectivity index is 1.54. The molecule has 0 aliphatic carbocycles. The van der Waals surface area contributed by atoms with Gasteiger partial charge in [0.15, 0.2) is 12.4 Å². The van der Waals surface area contributed by atoms with Crippen LogP contribution in [0.2, 0.25) is 0 Å². The van der Waals surface area contributed by atoms with E-state index in [0.717, 1.165) is 11.1 Å². The fourth-order valence-electron chi connectivity index (χ4n) is 3.29. The van der Waals surface area contributed by atoms with Gasteiger partial charge in [0.05, 0.1) is 12.0 Å². The van der Waals surface area contributed by atoms with E-state index in [4.69, 9.17) is 13.9 Å². The fraction of sp³-hybridized carbons (Fsp3) is 0.154. The highest BCUT2D eigenvalue weighted by Crippen LogP contribution is 2.31. The van der Waals surface area contributed by atoms with Crippen molar-refractivity contribution in [3.8, 4) is 17.1 Å². The molecule has 0 atom stereocenters. The van der Waals surface area contributed by atoms with Gasteiger partial charge in [-0.15, -0.1) is 0 Å². The first kappa shape index (κ1) is 20.4. The number of rotatable bonds is 7. The second-order valence-corrected chi connectivity index (χ2v) is 7.20. The zero-order valence-corrected chi connectivity index (χ0v) is 17.2. The lowest BCUT2D eigenvalue weighted by Gasteiger charge is -2.12. The van der Waals surface area contributed by atoms with Crippen LogP contribution in [0.5, 0.6) is 5.75 Å². The topological polar surface area (TPSA) is 65.7 Å². The van der Waals surface area contributed by atoms with Gasteiger partial charge in [0.2, 0.25) is 11.2 Å². The van der Waals surface area contributed by atoms with Crippen LogP contribution >= 0.6 is 0 Å². The smallest absolute Gasteiger partial charge is 0.344 e. The maximum absolute atomic E-state index is 13.1. The second kappa shape index (κ2) is 9.30. The number of fused-ring (bicyclic) bond motifs is 1. The van der Waals surface area contributed by atoms with Crippen molar-refractivity contribution in [2.45, 2.75) is 13.3 Å². The first-order chi connectivity index (χ1) is 15.1. The van der Waals surface area contributed by atoms with Crippen LogP contribution in [-0.4, -0.2) is 19.2 Å². The van der Waals surface area contributed by atoms with E-state index < -0.39 is 5.97 Å². The van der Waals surface area contributed by atoms with E-state index in [2.05, 4.69) is 0 Å². The normalized spacial score (nSPS) is 10.7. The molecule has 0 spiro atoms. The SMILES string of the molecule is Cc1ccc2c(=O)c(OCC(=O)OCCc3ccccc3)c(-c3ccccc3)oc2c1. The van der Waals surface area contributed by atoms with Gasteiger partial charge in [0.25, 0.3) is 0 Å². The molecule has 1 heterocycles. The van der Waals surface area contributed by atoms with E-state index in [1.54, 1.807) is 6.07 Å². The Bertz CT molecular complexity index is 1240. The van der Waals surface area contributed by atoms with E-state index >= 15 is 0 Å². The second-order valence-electron chi connectivity index (χ2n) is 7.20. The number of ether oxygens (including phenoxy) is 2. The van der Waals surface area contributed by atoms with E-state index in [9.17, 15) is 9.59 Å².